The van der Waals surface area contributed by atoms with Crippen molar-refractivity contribution in [3.8, 4) is 5.75 Å². The number of carbonyl (C=O) groups excluding carboxylic acids is 3. The molecule has 1 unspecified atom stereocenters. The highest BCUT2D eigenvalue weighted by atomic mass is 17.0. The number of aliphatic hydroxyl groups excluding tert-OH is 3. The summed E-state index contributed by atoms with van der Waals surface area (Å²) in [5.74, 6) is -9.73. The third kappa shape index (κ3) is 6.00. The first kappa shape index (κ1) is 36.0. The van der Waals surface area contributed by atoms with E-state index in [1.54, 1.807) is 19.9 Å². The fourth-order valence-electron chi connectivity index (χ4n) is 7.13. The Hall–Kier alpha value is -4.85. The summed E-state index contributed by atoms with van der Waals surface area (Å²) in [6.45, 7) is 1.67. The molecule has 262 valence electrons. The lowest BCUT2D eigenvalue weighted by molar-refractivity contribution is -0.758. The third-order valence-corrected chi connectivity index (χ3v) is 9.25. The molecule has 1 aromatic carbocycles. The van der Waals surface area contributed by atoms with Crippen molar-refractivity contribution in [1.82, 2.24) is 15.1 Å². The number of nitrogens with zero attached hydrogens (tertiary/aromatic N) is 4. The fourth-order valence-corrected chi connectivity index (χ4v) is 7.13. The smallest absolute Gasteiger partial charge is 0.294 e. The molecule has 0 heterocycles. The first-order valence-corrected chi connectivity index (χ1v) is 14.9. The largest absolute Gasteiger partial charge is 0.510 e. The van der Waals surface area contributed by atoms with Crippen LogP contribution in [0.15, 0.2) is 40.9 Å². The van der Waals surface area contributed by atoms with Crippen LogP contribution in [0, 0.1) is 32.1 Å². The molecule has 0 spiro atoms. The van der Waals surface area contributed by atoms with Crippen LogP contribution in [-0.4, -0.2) is 127 Å². The summed E-state index contributed by atoms with van der Waals surface area (Å²) >= 11 is 0. The van der Waals surface area contributed by atoms with Crippen molar-refractivity contribution in [3.05, 3.63) is 72.2 Å². The molecular weight excluding hydrogens is 642 g/mol. The Morgan fingerprint density at radius 1 is 1.08 bits per heavy atom. The lowest BCUT2D eigenvalue weighted by Crippen LogP contribution is -2.68. The number of amides is 1. The van der Waals surface area contributed by atoms with E-state index in [2.05, 4.69) is 15.0 Å². The molecule has 0 fully saturated rings. The maximum Gasteiger partial charge on any atom is 0.294 e. The molecule has 0 aromatic heterocycles. The lowest BCUT2D eigenvalue weighted by Gasteiger charge is -2.53. The van der Waals surface area contributed by atoms with Crippen LogP contribution in [0.25, 0.3) is 0 Å². The standard InChI is InChI=1S/C29H37N5O14/c1-5-16(32(9-11-47-33(43)44)10-12-48-34(45)46)30-28(41)20-25(38)22(31(3)4)21-24(37)17-13(2)14-7-6-8-15(35)18(14)23(36)19(17)26(39)29(21,42)27(20)40/h6-8,13,16-17,21-22,24,35,37-39,42H,5,9-12H2,1-4H3,(H,30,41)/t13-,16?,17+,21+,22-,24-,29-/m0/s1. The summed E-state index contributed by atoms with van der Waals surface area (Å²) in [6, 6.07) is 2.85. The van der Waals surface area contributed by atoms with Crippen molar-refractivity contribution in [3.63, 3.8) is 0 Å². The number of fused-ring (bicyclic) bond motifs is 3. The summed E-state index contributed by atoms with van der Waals surface area (Å²) in [6.07, 6.45) is -2.77. The number of carbonyl (C=O) groups is 3. The van der Waals surface area contributed by atoms with E-state index in [4.69, 9.17) is 0 Å². The zero-order chi connectivity index (χ0) is 35.8. The summed E-state index contributed by atoms with van der Waals surface area (Å²) in [7, 11) is 2.86. The third-order valence-electron chi connectivity index (χ3n) is 9.25. The average molecular weight is 680 g/mol. The number of ketones is 2. The predicted molar refractivity (Wildman–Crippen MR) is 160 cm³/mol. The van der Waals surface area contributed by atoms with Crippen LogP contribution in [0.4, 0.5) is 0 Å². The van der Waals surface area contributed by atoms with Crippen LogP contribution in [0.5, 0.6) is 5.75 Å². The Labute approximate surface area is 272 Å². The van der Waals surface area contributed by atoms with Gasteiger partial charge in [-0.3, -0.25) is 24.2 Å². The summed E-state index contributed by atoms with van der Waals surface area (Å²) < 4.78 is 0. The van der Waals surface area contributed by atoms with E-state index in [0.29, 0.717) is 5.56 Å². The lowest BCUT2D eigenvalue weighted by atomic mass is 9.55. The Kier molecular flexibility index (Phi) is 10.3. The van der Waals surface area contributed by atoms with Gasteiger partial charge in [-0.15, -0.1) is 20.2 Å². The Morgan fingerprint density at radius 3 is 2.19 bits per heavy atom. The molecule has 0 radical (unpaired) electrons. The Bertz CT molecular complexity index is 1560. The fraction of sp³-hybridized carbons (Fsp3) is 0.552. The van der Waals surface area contributed by atoms with E-state index in [9.17, 15) is 60.1 Å². The van der Waals surface area contributed by atoms with Gasteiger partial charge in [0, 0.05) is 24.6 Å². The van der Waals surface area contributed by atoms with Crippen LogP contribution in [0.3, 0.4) is 0 Å². The van der Waals surface area contributed by atoms with Crippen LogP contribution in [0.1, 0.15) is 42.1 Å². The van der Waals surface area contributed by atoms with Crippen molar-refractivity contribution in [1.29, 1.82) is 0 Å². The van der Waals surface area contributed by atoms with Crippen LogP contribution >= 0.6 is 0 Å². The quantitative estimate of drug-likeness (QED) is 0.0678. The van der Waals surface area contributed by atoms with E-state index in [-0.39, 0.29) is 25.1 Å². The molecule has 6 N–H and O–H groups in total. The van der Waals surface area contributed by atoms with Crippen molar-refractivity contribution in [2.24, 2.45) is 11.8 Å². The molecule has 19 heteroatoms. The number of nitrogens with one attached hydrogen (secondary N) is 1. The summed E-state index contributed by atoms with van der Waals surface area (Å²) in [5, 5.41) is 79.2. The average Bonchev–Trinajstić information content (AvgIpc) is 3.00. The highest BCUT2D eigenvalue weighted by Crippen LogP contribution is 2.55. The maximum absolute atomic E-state index is 14.1. The molecule has 3 aliphatic carbocycles. The number of hydrogen-bond acceptors (Lipinski definition) is 16. The van der Waals surface area contributed by atoms with E-state index >= 15 is 0 Å². The molecular formula is C29H37N5O14. The first-order valence-electron chi connectivity index (χ1n) is 14.9. The van der Waals surface area contributed by atoms with Gasteiger partial charge in [0.2, 0.25) is 5.78 Å². The highest BCUT2D eigenvalue weighted by molar-refractivity contribution is 6.25. The van der Waals surface area contributed by atoms with Crippen molar-refractivity contribution < 1.29 is 59.8 Å². The van der Waals surface area contributed by atoms with E-state index < -0.39 is 111 Å². The van der Waals surface area contributed by atoms with Crippen LogP contribution in [0.2, 0.25) is 0 Å². The van der Waals surface area contributed by atoms with Gasteiger partial charge < -0.3 is 40.5 Å². The molecule has 48 heavy (non-hydrogen) atoms. The maximum atomic E-state index is 14.1. The van der Waals surface area contributed by atoms with Gasteiger partial charge in [0.05, 0.1) is 29.8 Å². The molecule has 1 amide bonds. The summed E-state index contributed by atoms with van der Waals surface area (Å²) in [4.78, 5) is 74.3. The number of benzene rings is 1. The van der Waals surface area contributed by atoms with Crippen molar-refractivity contribution in [2.75, 3.05) is 40.4 Å². The minimum Gasteiger partial charge on any atom is -0.510 e. The number of hydrogen-bond donors (Lipinski definition) is 6. The SMILES string of the molecule is CCC(NC(=O)C1=C(O)[C@@H](N(C)C)[C@@H]2[C@@H](O)[C@H]3C(=C(O)[C@]2(O)C1=O)C(=O)c1c(O)cccc1[C@@H]3C)N(CCO[N+](=O)[O-])CCO[N+](=O)[O-]. The molecule has 4 rings (SSSR count). The molecule has 0 saturated carbocycles. The van der Waals surface area contributed by atoms with E-state index in [1.807, 2.05) is 0 Å². The molecule has 3 aliphatic rings. The van der Waals surface area contributed by atoms with Gasteiger partial charge in [-0.05, 0) is 38.1 Å². The van der Waals surface area contributed by atoms with Gasteiger partial charge >= 0.3 is 0 Å². The Balaban J connectivity index is 1.78. The summed E-state index contributed by atoms with van der Waals surface area (Å²) in [5.41, 5.74) is -4.46. The normalized spacial score (nSPS) is 27.3. The molecule has 0 aliphatic heterocycles. The van der Waals surface area contributed by atoms with E-state index in [0.717, 1.165) is 0 Å². The number of likely N-dealkylation sites (N-methyl/N-ethyl adjacent to an activating group) is 1. The second-order valence-corrected chi connectivity index (χ2v) is 12.0. The van der Waals surface area contributed by atoms with Gasteiger partial charge in [0.25, 0.3) is 16.1 Å². The first-order chi connectivity index (χ1) is 22.5. The highest BCUT2D eigenvalue weighted by Gasteiger charge is 2.67. The minimum atomic E-state index is -3.10. The minimum absolute atomic E-state index is 0.0554. The molecule has 0 bridgehead atoms. The number of aromatic hydroxyl groups is 1. The number of rotatable bonds is 13. The van der Waals surface area contributed by atoms with Crippen LogP contribution < -0.4 is 5.32 Å². The van der Waals surface area contributed by atoms with Gasteiger partial charge in [0.1, 0.15) is 36.1 Å². The molecule has 0 saturated heterocycles. The monoisotopic (exact) mass is 679 g/mol. The zero-order valence-electron chi connectivity index (χ0n) is 26.4. The predicted octanol–water partition coefficient (Wildman–Crippen LogP) is -0.262. The number of aliphatic hydroxyl groups is 4. The Morgan fingerprint density at radius 2 is 1.67 bits per heavy atom. The molecule has 7 atom stereocenters. The number of phenolic OH excluding ortho intramolecular Hbond substituents is 1. The second kappa shape index (κ2) is 13.7. The second-order valence-electron chi connectivity index (χ2n) is 12.0. The molecule has 19 nitrogen and oxygen atoms in total. The molecule has 1 aromatic rings. The van der Waals surface area contributed by atoms with Crippen molar-refractivity contribution >= 4 is 17.5 Å². The number of phenols is 1. The van der Waals surface area contributed by atoms with Crippen LogP contribution in [-0.2, 0) is 19.3 Å². The number of Topliss-reactive ketones (excluding diaryl/α,β-unsaturated/α-hetero) is 2. The van der Waals surface area contributed by atoms with E-state index in [1.165, 1.54) is 36.0 Å². The van der Waals surface area contributed by atoms with Crippen molar-refractivity contribution in [2.45, 2.75) is 50.1 Å². The van der Waals surface area contributed by atoms with Gasteiger partial charge in [-0.25, -0.2) is 0 Å². The van der Waals surface area contributed by atoms with Gasteiger partial charge in [-0.2, -0.15) is 0 Å². The topological polar surface area (TPSA) is 276 Å². The van der Waals surface area contributed by atoms with Gasteiger partial charge in [0.15, 0.2) is 11.4 Å². The van der Waals surface area contributed by atoms with Gasteiger partial charge in [-0.1, -0.05) is 26.0 Å². The zero-order valence-corrected chi connectivity index (χ0v) is 26.4.